The number of carbonyl (C=O) groups is 1. The quantitative estimate of drug-likeness (QED) is 0.629. The van der Waals surface area contributed by atoms with Crippen molar-refractivity contribution in [2.24, 2.45) is 0 Å². The topological polar surface area (TPSA) is 17.1 Å². The molecule has 0 aliphatic carbocycles. The van der Waals surface area contributed by atoms with Crippen molar-refractivity contribution in [1.82, 2.24) is 0 Å². The van der Waals surface area contributed by atoms with Crippen LogP contribution < -0.4 is 0 Å². The summed E-state index contributed by atoms with van der Waals surface area (Å²) in [5.74, 6) is 0.305. The Morgan fingerprint density at radius 2 is 1.62 bits per heavy atom. The third kappa shape index (κ3) is 2.34. The molecule has 16 heavy (non-hydrogen) atoms. The van der Waals surface area contributed by atoms with Crippen molar-refractivity contribution in [1.29, 1.82) is 0 Å². The monoisotopic (exact) mass is 228 g/mol. The highest BCUT2D eigenvalue weighted by molar-refractivity contribution is 7.81. The molecule has 0 radical (unpaired) electrons. The van der Waals surface area contributed by atoms with Gasteiger partial charge in [-0.3, -0.25) is 4.79 Å². The first-order chi connectivity index (χ1) is 7.81. The molecule has 0 fully saturated rings. The minimum absolute atomic E-state index is 0.0566. The molecule has 0 heterocycles. The first-order valence-corrected chi connectivity index (χ1v) is 5.74. The lowest BCUT2D eigenvalue weighted by Crippen LogP contribution is -1.99. The van der Waals surface area contributed by atoms with Gasteiger partial charge in [0.1, 0.15) is 0 Å². The second kappa shape index (κ2) is 4.99. The van der Waals surface area contributed by atoms with Gasteiger partial charge < -0.3 is 0 Å². The first kappa shape index (κ1) is 11.0. The Hall–Kier alpha value is -1.54. The van der Waals surface area contributed by atoms with Crippen molar-refractivity contribution in [2.75, 3.05) is 5.75 Å². The number of ketones is 1. The Bertz CT molecular complexity index is 491. The number of Topliss-reactive ketones (excluding diaryl/α,β-unsaturated/α-hetero) is 1. The van der Waals surface area contributed by atoms with E-state index in [1.165, 1.54) is 0 Å². The molecule has 0 aromatic heterocycles. The molecule has 2 rings (SSSR count). The number of hydrogen-bond acceptors (Lipinski definition) is 2. The average Bonchev–Trinajstić information content (AvgIpc) is 2.39. The number of rotatable bonds is 3. The number of carbonyl (C=O) groups excluding carboxylic acids is 1. The fourth-order valence-corrected chi connectivity index (χ4v) is 1.78. The summed E-state index contributed by atoms with van der Waals surface area (Å²) in [5, 5.41) is 0. The Kier molecular flexibility index (Phi) is 3.42. The highest BCUT2D eigenvalue weighted by Gasteiger charge is 2.04. The van der Waals surface area contributed by atoms with Gasteiger partial charge in [-0.1, -0.05) is 48.5 Å². The van der Waals surface area contributed by atoms with Gasteiger partial charge in [-0.05, 0) is 17.2 Å². The van der Waals surface area contributed by atoms with Crippen LogP contribution in [0.25, 0.3) is 11.1 Å². The van der Waals surface area contributed by atoms with E-state index in [1.54, 1.807) is 0 Å². The summed E-state index contributed by atoms with van der Waals surface area (Å²) in [5.41, 5.74) is 2.90. The largest absolute Gasteiger partial charge is 0.293 e. The first-order valence-electron chi connectivity index (χ1n) is 5.11. The van der Waals surface area contributed by atoms with E-state index in [0.717, 1.165) is 16.7 Å². The van der Waals surface area contributed by atoms with E-state index in [0.29, 0.717) is 0 Å². The Labute approximate surface area is 101 Å². The summed E-state index contributed by atoms with van der Waals surface area (Å²) < 4.78 is 0. The Morgan fingerprint density at radius 3 is 2.31 bits per heavy atom. The van der Waals surface area contributed by atoms with Crippen molar-refractivity contribution in [3.63, 3.8) is 0 Å². The molecule has 2 heteroatoms. The maximum atomic E-state index is 11.5. The SMILES string of the molecule is O=C(CS)c1cccc(-c2ccccc2)c1. The summed E-state index contributed by atoms with van der Waals surface area (Å²) in [7, 11) is 0. The highest BCUT2D eigenvalue weighted by atomic mass is 32.1. The standard InChI is InChI=1S/C14H12OS/c15-14(10-16)13-8-4-7-12(9-13)11-5-2-1-3-6-11/h1-9,16H,10H2. The normalized spacial score (nSPS) is 10.1. The van der Waals surface area contributed by atoms with Gasteiger partial charge in [0, 0.05) is 5.56 Å². The maximum absolute atomic E-state index is 11.5. The van der Waals surface area contributed by atoms with Gasteiger partial charge in [0.25, 0.3) is 0 Å². The van der Waals surface area contributed by atoms with E-state index >= 15 is 0 Å². The highest BCUT2D eigenvalue weighted by Crippen LogP contribution is 2.20. The molecule has 0 spiro atoms. The van der Waals surface area contributed by atoms with E-state index in [2.05, 4.69) is 12.6 Å². The lowest BCUT2D eigenvalue weighted by molar-refractivity contribution is 0.102. The third-order valence-corrected chi connectivity index (χ3v) is 2.72. The van der Waals surface area contributed by atoms with E-state index in [1.807, 2.05) is 54.6 Å². The van der Waals surface area contributed by atoms with Gasteiger partial charge in [0.15, 0.2) is 5.78 Å². The zero-order valence-corrected chi connectivity index (χ0v) is 9.65. The van der Waals surface area contributed by atoms with Gasteiger partial charge >= 0.3 is 0 Å². The van der Waals surface area contributed by atoms with Crippen molar-refractivity contribution in [2.45, 2.75) is 0 Å². The minimum Gasteiger partial charge on any atom is -0.293 e. The fraction of sp³-hybridized carbons (Fsp3) is 0.0714. The predicted molar refractivity (Wildman–Crippen MR) is 70.1 cm³/mol. The zero-order chi connectivity index (χ0) is 11.4. The second-order valence-electron chi connectivity index (χ2n) is 3.53. The molecule has 0 saturated heterocycles. The van der Waals surface area contributed by atoms with Crippen LogP contribution in [-0.2, 0) is 0 Å². The molecule has 0 bridgehead atoms. The molecule has 80 valence electrons. The molecule has 1 nitrogen and oxygen atoms in total. The molecule has 2 aromatic rings. The van der Waals surface area contributed by atoms with E-state index in [4.69, 9.17) is 0 Å². The van der Waals surface area contributed by atoms with E-state index in [9.17, 15) is 4.79 Å². The molecule has 0 atom stereocenters. The number of thiol groups is 1. The summed E-state index contributed by atoms with van der Waals surface area (Å²) in [6.07, 6.45) is 0. The maximum Gasteiger partial charge on any atom is 0.172 e. The van der Waals surface area contributed by atoms with E-state index in [-0.39, 0.29) is 11.5 Å². The molecule has 0 amide bonds. The van der Waals surface area contributed by atoms with Gasteiger partial charge in [-0.2, -0.15) is 12.6 Å². The summed E-state index contributed by atoms with van der Waals surface area (Å²) >= 11 is 4.00. The zero-order valence-electron chi connectivity index (χ0n) is 8.76. The van der Waals surface area contributed by atoms with E-state index < -0.39 is 0 Å². The van der Waals surface area contributed by atoms with Gasteiger partial charge in [-0.15, -0.1) is 0 Å². The molecule has 0 unspecified atom stereocenters. The lowest BCUT2D eigenvalue weighted by Gasteiger charge is -2.03. The second-order valence-corrected chi connectivity index (χ2v) is 3.84. The van der Waals surface area contributed by atoms with Crippen LogP contribution in [0, 0.1) is 0 Å². The van der Waals surface area contributed by atoms with Crippen molar-refractivity contribution in [3.05, 3.63) is 60.2 Å². The Morgan fingerprint density at radius 1 is 0.938 bits per heavy atom. The molecular formula is C14H12OS. The number of benzene rings is 2. The van der Waals surface area contributed by atoms with Crippen LogP contribution in [0.3, 0.4) is 0 Å². The van der Waals surface area contributed by atoms with Gasteiger partial charge in [-0.25, -0.2) is 0 Å². The molecular weight excluding hydrogens is 216 g/mol. The van der Waals surface area contributed by atoms with Crippen LogP contribution in [0.1, 0.15) is 10.4 Å². The summed E-state index contributed by atoms with van der Waals surface area (Å²) in [6.45, 7) is 0. The van der Waals surface area contributed by atoms with Gasteiger partial charge in [0.05, 0.1) is 5.75 Å². The molecule has 0 N–H and O–H groups in total. The lowest BCUT2D eigenvalue weighted by atomic mass is 10.0. The summed E-state index contributed by atoms with van der Waals surface area (Å²) in [6, 6.07) is 17.7. The van der Waals surface area contributed by atoms with Crippen LogP contribution in [0.15, 0.2) is 54.6 Å². The third-order valence-electron chi connectivity index (χ3n) is 2.44. The predicted octanol–water partition coefficient (Wildman–Crippen LogP) is 3.47. The van der Waals surface area contributed by atoms with Crippen molar-refractivity contribution in [3.8, 4) is 11.1 Å². The Balaban J connectivity index is 2.40. The average molecular weight is 228 g/mol. The van der Waals surface area contributed by atoms with Crippen LogP contribution in [0.2, 0.25) is 0 Å². The molecule has 0 saturated carbocycles. The van der Waals surface area contributed by atoms with Crippen LogP contribution >= 0.6 is 12.6 Å². The van der Waals surface area contributed by atoms with Crippen LogP contribution in [-0.4, -0.2) is 11.5 Å². The minimum atomic E-state index is 0.0566. The molecule has 2 aromatic carbocycles. The number of hydrogen-bond donors (Lipinski definition) is 1. The van der Waals surface area contributed by atoms with Crippen LogP contribution in [0.5, 0.6) is 0 Å². The van der Waals surface area contributed by atoms with Crippen LogP contribution in [0.4, 0.5) is 0 Å². The van der Waals surface area contributed by atoms with Crippen molar-refractivity contribution < 1.29 is 4.79 Å². The summed E-state index contributed by atoms with van der Waals surface area (Å²) in [4.78, 5) is 11.5. The molecule has 0 aliphatic heterocycles. The fourth-order valence-electron chi connectivity index (χ4n) is 1.59. The molecule has 0 aliphatic rings. The van der Waals surface area contributed by atoms with Gasteiger partial charge in [0.2, 0.25) is 0 Å². The smallest absolute Gasteiger partial charge is 0.172 e. The van der Waals surface area contributed by atoms with Crippen molar-refractivity contribution >= 4 is 18.4 Å².